The van der Waals surface area contributed by atoms with Crippen LogP contribution in [0, 0.1) is 5.92 Å². The van der Waals surface area contributed by atoms with E-state index in [1.165, 1.54) is 0 Å². The van der Waals surface area contributed by atoms with Gasteiger partial charge in [-0.3, -0.25) is 9.59 Å². The summed E-state index contributed by atoms with van der Waals surface area (Å²) in [6.45, 7) is 0.664. The Bertz CT molecular complexity index is 222. The van der Waals surface area contributed by atoms with Crippen LogP contribution in [0.4, 0.5) is 0 Å². The van der Waals surface area contributed by atoms with E-state index in [0.717, 1.165) is 6.42 Å². The van der Waals surface area contributed by atoms with Crippen molar-refractivity contribution in [1.29, 1.82) is 0 Å². The van der Waals surface area contributed by atoms with Gasteiger partial charge in [0.2, 0.25) is 5.91 Å². The third kappa shape index (κ3) is 2.80. The monoisotopic (exact) mass is 298 g/mol. The Hall–Kier alpha value is -0.370. The Labute approximate surface area is 89.8 Å². The number of carbonyl (C=O) groups excluding carboxylic acids is 1. The molecule has 1 rings (SSSR count). The highest BCUT2D eigenvalue weighted by Gasteiger charge is 2.29. The molecule has 1 amide bonds. The summed E-state index contributed by atoms with van der Waals surface area (Å²) in [5, 5.41) is 11.4. The van der Waals surface area contributed by atoms with Gasteiger partial charge in [0.05, 0.1) is 0 Å². The molecule has 0 aromatic heterocycles. The topological polar surface area (TPSA) is 78.4 Å². The normalized spacial score (nSPS) is 24.1. The van der Waals surface area contributed by atoms with Crippen LogP contribution in [-0.2, 0) is 9.59 Å². The van der Waals surface area contributed by atoms with Crippen molar-refractivity contribution in [3.05, 3.63) is 0 Å². The average molecular weight is 298 g/mol. The van der Waals surface area contributed by atoms with E-state index in [-0.39, 0.29) is 11.8 Å². The van der Waals surface area contributed by atoms with Crippen LogP contribution in [0.3, 0.4) is 0 Å². The van der Waals surface area contributed by atoms with Crippen LogP contribution in [0.15, 0.2) is 0 Å². The summed E-state index contributed by atoms with van der Waals surface area (Å²) < 4.78 is 2.64. The minimum absolute atomic E-state index is 0.0297. The van der Waals surface area contributed by atoms with Gasteiger partial charge in [-0.05, 0) is 12.8 Å². The number of hydrogen-bond donors (Lipinski definition) is 3. The largest absolute Gasteiger partial charge is 0.480 e. The lowest BCUT2D eigenvalue weighted by molar-refractivity contribution is -0.139. The Balaban J connectivity index is 2.45. The molecule has 3 N–H and O–H groups in total. The van der Waals surface area contributed by atoms with Crippen LogP contribution in [-0.4, -0.2) is 29.6 Å². The van der Waals surface area contributed by atoms with Crippen molar-refractivity contribution >= 4 is 34.7 Å². The highest BCUT2D eigenvalue weighted by atomic mass is 127. The standard InChI is InChI=1S/C7H11IN2O3/c8-10-5(7(12)13)3-4-1-2-9-6(4)11/h4-5,10H,1-3H2,(H,9,11)(H,12,13)/t4-,5?/m0/s1. The lowest BCUT2D eigenvalue weighted by atomic mass is 9.99. The first kappa shape index (κ1) is 10.7. The number of hydrogen-bond acceptors (Lipinski definition) is 3. The molecule has 0 aliphatic carbocycles. The molecule has 1 aliphatic heterocycles. The van der Waals surface area contributed by atoms with Crippen molar-refractivity contribution < 1.29 is 14.7 Å². The van der Waals surface area contributed by atoms with Crippen molar-refractivity contribution in [2.24, 2.45) is 5.92 Å². The zero-order valence-electron chi connectivity index (χ0n) is 6.92. The molecule has 13 heavy (non-hydrogen) atoms. The molecule has 0 bridgehead atoms. The molecule has 0 saturated carbocycles. The van der Waals surface area contributed by atoms with E-state index in [1.807, 2.05) is 0 Å². The first-order valence-corrected chi connectivity index (χ1v) is 5.09. The molecule has 1 saturated heterocycles. The summed E-state index contributed by atoms with van der Waals surface area (Å²) >= 11 is 1.80. The van der Waals surface area contributed by atoms with Crippen molar-refractivity contribution in [2.45, 2.75) is 18.9 Å². The summed E-state index contributed by atoms with van der Waals surface area (Å²) in [4.78, 5) is 21.7. The van der Waals surface area contributed by atoms with E-state index in [2.05, 4.69) is 8.85 Å². The third-order valence-corrected chi connectivity index (χ3v) is 2.86. The van der Waals surface area contributed by atoms with E-state index in [9.17, 15) is 9.59 Å². The number of halogens is 1. The van der Waals surface area contributed by atoms with Gasteiger partial charge in [0.15, 0.2) is 0 Å². The van der Waals surface area contributed by atoms with Gasteiger partial charge >= 0.3 is 5.97 Å². The van der Waals surface area contributed by atoms with Gasteiger partial charge in [0, 0.05) is 35.3 Å². The number of carboxylic acid groups (broad SMARTS) is 1. The third-order valence-electron chi connectivity index (χ3n) is 2.11. The van der Waals surface area contributed by atoms with Gasteiger partial charge in [-0.1, -0.05) is 0 Å². The summed E-state index contributed by atoms with van der Waals surface area (Å²) in [6.07, 6.45) is 1.10. The molecule has 6 heteroatoms. The van der Waals surface area contributed by atoms with Crippen LogP contribution in [0.1, 0.15) is 12.8 Å². The highest BCUT2D eigenvalue weighted by Crippen LogP contribution is 2.16. The van der Waals surface area contributed by atoms with Gasteiger partial charge in [-0.25, -0.2) is 3.53 Å². The Morgan fingerprint density at radius 1 is 1.85 bits per heavy atom. The SMILES string of the molecule is O=C(O)C(C[C@@H]1CCNC1=O)NI. The molecule has 1 unspecified atom stereocenters. The lowest BCUT2D eigenvalue weighted by Gasteiger charge is -2.12. The van der Waals surface area contributed by atoms with Crippen molar-refractivity contribution in [3.8, 4) is 0 Å². The number of amides is 1. The molecule has 0 radical (unpaired) electrons. The number of carboxylic acids is 1. The maximum absolute atomic E-state index is 11.1. The Morgan fingerprint density at radius 2 is 2.54 bits per heavy atom. The molecule has 74 valence electrons. The summed E-state index contributed by atoms with van der Waals surface area (Å²) in [5.74, 6) is -1.09. The van der Waals surface area contributed by atoms with Gasteiger partial charge in [-0.2, -0.15) is 0 Å². The maximum atomic E-state index is 11.1. The van der Waals surface area contributed by atoms with Gasteiger partial charge in [0.25, 0.3) is 0 Å². The van der Waals surface area contributed by atoms with Gasteiger partial charge in [0.1, 0.15) is 6.04 Å². The summed E-state index contributed by atoms with van der Waals surface area (Å²) in [7, 11) is 0. The molecule has 1 fully saturated rings. The Kier molecular flexibility index (Phi) is 3.91. The minimum atomic E-state index is -0.908. The second-order valence-electron chi connectivity index (χ2n) is 3.01. The fraction of sp³-hybridized carbons (Fsp3) is 0.714. The second-order valence-corrected chi connectivity index (χ2v) is 3.64. The van der Waals surface area contributed by atoms with Crippen LogP contribution in [0.25, 0.3) is 0 Å². The average Bonchev–Trinajstić information content (AvgIpc) is 2.46. The number of rotatable bonds is 4. The smallest absolute Gasteiger partial charge is 0.321 e. The molecule has 1 aliphatic rings. The zero-order valence-corrected chi connectivity index (χ0v) is 9.08. The van der Waals surface area contributed by atoms with Crippen LogP contribution in [0.5, 0.6) is 0 Å². The van der Waals surface area contributed by atoms with E-state index in [0.29, 0.717) is 13.0 Å². The quantitative estimate of drug-likeness (QED) is 0.500. The van der Waals surface area contributed by atoms with E-state index < -0.39 is 12.0 Å². The molecule has 0 spiro atoms. The summed E-state index contributed by atoms with van der Waals surface area (Å²) in [5.41, 5.74) is 0. The molecule has 2 atom stereocenters. The fourth-order valence-corrected chi connectivity index (χ4v) is 1.87. The van der Waals surface area contributed by atoms with Crippen molar-refractivity contribution in [3.63, 3.8) is 0 Å². The maximum Gasteiger partial charge on any atom is 0.321 e. The number of carbonyl (C=O) groups is 2. The molecule has 0 aromatic rings. The molecular formula is C7H11IN2O3. The predicted octanol–water partition coefficient (Wildman–Crippen LogP) is -0.0946. The molecular weight excluding hydrogens is 287 g/mol. The molecule has 5 nitrogen and oxygen atoms in total. The summed E-state index contributed by atoms with van der Waals surface area (Å²) in [6, 6.07) is -0.630. The van der Waals surface area contributed by atoms with Gasteiger partial charge in [-0.15, -0.1) is 0 Å². The minimum Gasteiger partial charge on any atom is -0.480 e. The molecule has 0 aromatic carbocycles. The van der Waals surface area contributed by atoms with Crippen LogP contribution >= 0.6 is 22.9 Å². The lowest BCUT2D eigenvalue weighted by Crippen LogP contribution is -2.34. The van der Waals surface area contributed by atoms with Crippen LogP contribution < -0.4 is 8.85 Å². The van der Waals surface area contributed by atoms with Crippen molar-refractivity contribution in [2.75, 3.05) is 6.54 Å². The van der Waals surface area contributed by atoms with Crippen LogP contribution in [0.2, 0.25) is 0 Å². The van der Waals surface area contributed by atoms with E-state index in [4.69, 9.17) is 5.11 Å². The molecule has 1 heterocycles. The zero-order chi connectivity index (χ0) is 9.84. The van der Waals surface area contributed by atoms with Crippen molar-refractivity contribution in [1.82, 2.24) is 8.85 Å². The van der Waals surface area contributed by atoms with Gasteiger partial charge < -0.3 is 10.4 Å². The predicted molar refractivity (Wildman–Crippen MR) is 54.3 cm³/mol. The van der Waals surface area contributed by atoms with E-state index >= 15 is 0 Å². The number of aliphatic carboxylic acids is 1. The second kappa shape index (κ2) is 4.75. The first-order valence-electron chi connectivity index (χ1n) is 4.02. The highest BCUT2D eigenvalue weighted by molar-refractivity contribution is 14.1. The first-order chi connectivity index (χ1) is 6.15. The number of nitrogens with one attached hydrogen (secondary N) is 2. The fourth-order valence-electron chi connectivity index (χ4n) is 1.35. The van der Waals surface area contributed by atoms with E-state index in [1.54, 1.807) is 22.9 Å². The Morgan fingerprint density at radius 3 is 2.92 bits per heavy atom.